The number of amidine groups is 1. The molecule has 1 aliphatic rings. The molecule has 1 heterocycles. The third-order valence-corrected chi connectivity index (χ3v) is 4.51. The van der Waals surface area contributed by atoms with Crippen LogP contribution in [0.15, 0.2) is 11.2 Å². The van der Waals surface area contributed by atoms with Gasteiger partial charge in [0.2, 0.25) is 0 Å². The number of hydrogen-bond acceptors (Lipinski definition) is 4. The third kappa shape index (κ3) is 3.28. The number of hydrogen-bond donors (Lipinski definition) is 2. The van der Waals surface area contributed by atoms with E-state index in [2.05, 4.69) is 29.0 Å². The van der Waals surface area contributed by atoms with E-state index in [1.807, 2.05) is 19.9 Å². The molecule has 3 N–H and O–H groups in total. The molecule has 5 heteroatoms. The fourth-order valence-electron chi connectivity index (χ4n) is 3.40. The predicted molar refractivity (Wildman–Crippen MR) is 86.0 cm³/mol. The van der Waals surface area contributed by atoms with Crippen LogP contribution in [-0.4, -0.2) is 29.1 Å². The highest BCUT2D eigenvalue weighted by molar-refractivity contribution is 6.03. The molecule has 21 heavy (non-hydrogen) atoms. The van der Waals surface area contributed by atoms with Crippen molar-refractivity contribution in [3.8, 4) is 0 Å². The average Bonchev–Trinajstić information content (AvgIpc) is 2.45. The van der Waals surface area contributed by atoms with E-state index in [9.17, 15) is 0 Å². The Morgan fingerprint density at radius 3 is 2.76 bits per heavy atom. The number of aromatic nitrogens is 1. The zero-order chi connectivity index (χ0) is 15.6. The third-order valence-electron chi connectivity index (χ3n) is 4.51. The molecular formula is C16H26N4O. The molecule has 5 nitrogen and oxygen atoms in total. The van der Waals surface area contributed by atoms with Gasteiger partial charge in [-0.15, -0.1) is 0 Å². The number of oxime groups is 1. The van der Waals surface area contributed by atoms with Crippen molar-refractivity contribution < 1.29 is 5.21 Å². The van der Waals surface area contributed by atoms with Crippen molar-refractivity contribution in [1.29, 1.82) is 0 Å². The first-order chi connectivity index (χ1) is 9.93. The van der Waals surface area contributed by atoms with Crippen LogP contribution in [-0.2, 0) is 0 Å². The van der Waals surface area contributed by atoms with Gasteiger partial charge in [-0.1, -0.05) is 24.9 Å². The first-order valence-electron chi connectivity index (χ1n) is 7.63. The highest BCUT2D eigenvalue weighted by atomic mass is 16.4. The molecule has 1 saturated carbocycles. The Labute approximate surface area is 126 Å². The van der Waals surface area contributed by atoms with Crippen LogP contribution in [0.3, 0.4) is 0 Å². The van der Waals surface area contributed by atoms with Gasteiger partial charge in [-0.2, -0.15) is 0 Å². The molecule has 1 aromatic heterocycles. The Morgan fingerprint density at radius 2 is 2.14 bits per heavy atom. The van der Waals surface area contributed by atoms with Gasteiger partial charge in [0, 0.05) is 18.8 Å². The van der Waals surface area contributed by atoms with E-state index in [4.69, 9.17) is 10.9 Å². The highest BCUT2D eigenvalue weighted by Crippen LogP contribution is 2.32. The molecule has 2 rings (SSSR count). The second-order valence-electron chi connectivity index (χ2n) is 6.26. The summed E-state index contributed by atoms with van der Waals surface area (Å²) in [6, 6.07) is 2.53. The van der Waals surface area contributed by atoms with Crippen LogP contribution in [0.25, 0.3) is 0 Å². The van der Waals surface area contributed by atoms with Crippen LogP contribution in [0.1, 0.15) is 49.6 Å². The average molecular weight is 290 g/mol. The molecule has 116 valence electrons. The molecule has 1 fully saturated rings. The number of pyridine rings is 1. The van der Waals surface area contributed by atoms with Crippen LogP contribution >= 0.6 is 0 Å². The molecule has 0 spiro atoms. The normalized spacial score (nSPS) is 23.1. The van der Waals surface area contributed by atoms with Crippen molar-refractivity contribution in [2.45, 2.75) is 52.5 Å². The SMILES string of the molecule is Cc1cc(N(C)C2CCCC(C)C2)c(/C(N)=N/O)c(C)n1. The summed E-state index contributed by atoms with van der Waals surface area (Å²) in [7, 11) is 2.10. The molecule has 0 bridgehead atoms. The Morgan fingerprint density at radius 1 is 1.43 bits per heavy atom. The van der Waals surface area contributed by atoms with Gasteiger partial charge in [0.1, 0.15) is 0 Å². The lowest BCUT2D eigenvalue weighted by molar-refractivity contribution is 0.318. The molecule has 0 saturated heterocycles. The number of anilines is 1. The molecule has 2 atom stereocenters. The topological polar surface area (TPSA) is 74.7 Å². The van der Waals surface area contributed by atoms with Gasteiger partial charge in [-0.05, 0) is 38.7 Å². The van der Waals surface area contributed by atoms with Crippen LogP contribution in [0.4, 0.5) is 5.69 Å². The number of nitrogens with two attached hydrogens (primary N) is 1. The summed E-state index contributed by atoms with van der Waals surface area (Å²) in [5, 5.41) is 12.2. The minimum absolute atomic E-state index is 0.130. The second-order valence-corrected chi connectivity index (χ2v) is 6.26. The summed E-state index contributed by atoms with van der Waals surface area (Å²) in [5.74, 6) is 0.883. The predicted octanol–water partition coefficient (Wildman–Crippen LogP) is 2.81. The quantitative estimate of drug-likeness (QED) is 0.388. The second kappa shape index (κ2) is 6.33. The van der Waals surface area contributed by atoms with Crippen molar-refractivity contribution >= 4 is 11.5 Å². The molecule has 0 radical (unpaired) electrons. The Balaban J connectivity index is 2.41. The first kappa shape index (κ1) is 15.6. The minimum atomic E-state index is 0.130. The number of aryl methyl sites for hydroxylation is 2. The maximum absolute atomic E-state index is 9.06. The van der Waals surface area contributed by atoms with E-state index in [0.29, 0.717) is 6.04 Å². The van der Waals surface area contributed by atoms with E-state index in [1.165, 1.54) is 25.7 Å². The fraction of sp³-hybridized carbons (Fsp3) is 0.625. The molecular weight excluding hydrogens is 264 g/mol. The van der Waals surface area contributed by atoms with Crippen molar-refractivity contribution in [3.05, 3.63) is 23.0 Å². The fourth-order valence-corrected chi connectivity index (χ4v) is 3.40. The van der Waals surface area contributed by atoms with Crippen LogP contribution < -0.4 is 10.6 Å². The lowest BCUT2D eigenvalue weighted by Gasteiger charge is -2.36. The van der Waals surface area contributed by atoms with Crippen molar-refractivity contribution in [2.24, 2.45) is 16.8 Å². The molecule has 1 aromatic rings. The Hall–Kier alpha value is -1.78. The Bertz CT molecular complexity index is 541. The van der Waals surface area contributed by atoms with Crippen molar-refractivity contribution in [2.75, 3.05) is 11.9 Å². The van der Waals surface area contributed by atoms with E-state index in [-0.39, 0.29) is 5.84 Å². The summed E-state index contributed by atoms with van der Waals surface area (Å²) >= 11 is 0. The molecule has 2 unspecified atom stereocenters. The van der Waals surface area contributed by atoms with Crippen molar-refractivity contribution in [3.63, 3.8) is 0 Å². The van der Waals surface area contributed by atoms with Crippen molar-refractivity contribution in [1.82, 2.24) is 4.98 Å². The van der Waals surface area contributed by atoms with Gasteiger partial charge < -0.3 is 15.8 Å². The molecule has 1 aliphatic carbocycles. The van der Waals surface area contributed by atoms with Gasteiger partial charge in [-0.3, -0.25) is 4.98 Å². The highest BCUT2D eigenvalue weighted by Gasteiger charge is 2.25. The van der Waals surface area contributed by atoms with Crippen LogP contribution in [0.5, 0.6) is 0 Å². The lowest BCUT2D eigenvalue weighted by Crippen LogP contribution is -2.37. The monoisotopic (exact) mass is 290 g/mol. The summed E-state index contributed by atoms with van der Waals surface area (Å²) < 4.78 is 0. The number of rotatable bonds is 3. The smallest absolute Gasteiger partial charge is 0.174 e. The van der Waals surface area contributed by atoms with E-state index < -0.39 is 0 Å². The lowest BCUT2D eigenvalue weighted by atomic mass is 9.86. The van der Waals surface area contributed by atoms with E-state index in [1.54, 1.807) is 0 Å². The standard InChI is InChI=1S/C16H26N4O/c1-10-6-5-7-13(8-10)20(4)14-9-11(2)18-12(3)15(14)16(17)19-21/h9-10,13,21H,5-8H2,1-4H3,(H2,17,19). The van der Waals surface area contributed by atoms with E-state index in [0.717, 1.165) is 28.6 Å². The first-order valence-corrected chi connectivity index (χ1v) is 7.63. The van der Waals surface area contributed by atoms with Gasteiger partial charge in [0.25, 0.3) is 0 Å². The van der Waals surface area contributed by atoms with Gasteiger partial charge in [0.05, 0.1) is 16.9 Å². The Kier molecular flexibility index (Phi) is 4.70. The maximum Gasteiger partial charge on any atom is 0.174 e. The zero-order valence-electron chi connectivity index (χ0n) is 13.4. The van der Waals surface area contributed by atoms with Gasteiger partial charge in [-0.25, -0.2) is 0 Å². The summed E-state index contributed by atoms with van der Waals surface area (Å²) in [4.78, 5) is 6.73. The van der Waals surface area contributed by atoms with Crippen LogP contribution in [0.2, 0.25) is 0 Å². The molecule has 0 aliphatic heterocycles. The molecule has 0 aromatic carbocycles. The maximum atomic E-state index is 9.06. The molecule has 0 amide bonds. The summed E-state index contributed by atoms with van der Waals surface area (Å²) in [6.45, 7) is 6.19. The van der Waals surface area contributed by atoms with E-state index >= 15 is 0 Å². The van der Waals surface area contributed by atoms with Gasteiger partial charge >= 0.3 is 0 Å². The minimum Gasteiger partial charge on any atom is -0.409 e. The van der Waals surface area contributed by atoms with Crippen LogP contribution in [0, 0.1) is 19.8 Å². The van der Waals surface area contributed by atoms with Gasteiger partial charge in [0.15, 0.2) is 5.84 Å². The summed E-state index contributed by atoms with van der Waals surface area (Å²) in [5.41, 5.74) is 9.38. The summed E-state index contributed by atoms with van der Waals surface area (Å²) in [6.07, 6.45) is 4.95. The zero-order valence-corrected chi connectivity index (χ0v) is 13.4. The number of nitrogens with zero attached hydrogens (tertiary/aromatic N) is 3. The largest absolute Gasteiger partial charge is 0.409 e.